The topological polar surface area (TPSA) is 64.3 Å². The molecule has 29 heavy (non-hydrogen) atoms. The van der Waals surface area contributed by atoms with Crippen LogP contribution in [0.15, 0.2) is 0 Å². The van der Waals surface area contributed by atoms with E-state index in [1.54, 1.807) is 0 Å². The van der Waals surface area contributed by atoms with Crippen LogP contribution in [0.5, 0.6) is 0 Å². The van der Waals surface area contributed by atoms with E-state index in [0.29, 0.717) is 12.1 Å². The summed E-state index contributed by atoms with van der Waals surface area (Å²) in [5.74, 6) is 2.71. The highest BCUT2D eigenvalue weighted by atomic mass is 16.5. The molecule has 0 heterocycles. The first-order valence-electron chi connectivity index (χ1n) is 12.8. The van der Waals surface area contributed by atoms with Crippen LogP contribution in [0.1, 0.15) is 104 Å². The molecule has 0 aromatic carbocycles. The van der Waals surface area contributed by atoms with Gasteiger partial charge < -0.3 is 15.8 Å². The molecule has 0 spiro atoms. The molecule has 3 aliphatic carbocycles. The van der Waals surface area contributed by atoms with Gasteiger partial charge in [0.25, 0.3) is 0 Å². The standard InChI is InChI=1S/C25H46N2O2/c1-3-17-27-22-13-15-23(16-14-22)29-25(28)21-11-7-19(8-12-21)18-5-9-20(10-6-18)24(26)4-2/h18-24,27H,3-17,26H2,1-2H3. The van der Waals surface area contributed by atoms with Crippen molar-refractivity contribution < 1.29 is 9.53 Å². The number of carbonyl (C=O) groups excluding carboxylic acids is 1. The first-order valence-corrected chi connectivity index (χ1v) is 12.8. The van der Waals surface area contributed by atoms with E-state index in [0.717, 1.165) is 69.2 Å². The van der Waals surface area contributed by atoms with Gasteiger partial charge in [0.1, 0.15) is 6.10 Å². The van der Waals surface area contributed by atoms with Gasteiger partial charge in [-0.1, -0.05) is 13.8 Å². The summed E-state index contributed by atoms with van der Waals surface area (Å²) >= 11 is 0. The number of hydrogen-bond donors (Lipinski definition) is 2. The van der Waals surface area contributed by atoms with Gasteiger partial charge in [0.2, 0.25) is 0 Å². The predicted octanol–water partition coefficient (Wildman–Crippen LogP) is 5.19. The summed E-state index contributed by atoms with van der Waals surface area (Å²) < 4.78 is 5.94. The third-order valence-corrected chi connectivity index (χ3v) is 8.31. The summed E-state index contributed by atoms with van der Waals surface area (Å²) in [6, 6.07) is 1.03. The quantitative estimate of drug-likeness (QED) is 0.544. The third kappa shape index (κ3) is 6.69. The van der Waals surface area contributed by atoms with Gasteiger partial charge in [0.05, 0.1) is 5.92 Å². The fourth-order valence-corrected chi connectivity index (χ4v) is 6.20. The lowest BCUT2D eigenvalue weighted by atomic mass is 9.68. The molecule has 3 aliphatic rings. The molecule has 168 valence electrons. The minimum atomic E-state index is 0.103. The van der Waals surface area contributed by atoms with E-state index in [4.69, 9.17) is 10.5 Å². The van der Waals surface area contributed by atoms with Crippen LogP contribution in [0.3, 0.4) is 0 Å². The highest BCUT2D eigenvalue weighted by molar-refractivity contribution is 5.72. The summed E-state index contributed by atoms with van der Waals surface area (Å²) in [5.41, 5.74) is 6.27. The Bertz CT molecular complexity index is 473. The zero-order chi connectivity index (χ0) is 20.6. The first-order chi connectivity index (χ1) is 14.1. The summed E-state index contributed by atoms with van der Waals surface area (Å²) in [4.78, 5) is 12.7. The van der Waals surface area contributed by atoms with Gasteiger partial charge in [0, 0.05) is 12.1 Å². The molecule has 4 nitrogen and oxygen atoms in total. The van der Waals surface area contributed by atoms with E-state index in [1.807, 2.05) is 0 Å². The number of hydrogen-bond acceptors (Lipinski definition) is 4. The Morgan fingerprint density at radius 1 is 0.897 bits per heavy atom. The van der Waals surface area contributed by atoms with Gasteiger partial charge in [-0.15, -0.1) is 0 Å². The molecule has 0 aliphatic heterocycles. The van der Waals surface area contributed by atoms with Crippen LogP contribution in [0.25, 0.3) is 0 Å². The Morgan fingerprint density at radius 3 is 2.03 bits per heavy atom. The molecule has 4 heteroatoms. The SMILES string of the molecule is CCCNC1CCC(OC(=O)C2CCC(C3CCC(C(N)CC)CC3)CC2)CC1. The Hall–Kier alpha value is -0.610. The summed E-state index contributed by atoms with van der Waals surface area (Å²) in [5, 5.41) is 3.61. The van der Waals surface area contributed by atoms with Crippen molar-refractivity contribution in [2.75, 3.05) is 6.54 Å². The van der Waals surface area contributed by atoms with Gasteiger partial charge in [-0.2, -0.15) is 0 Å². The van der Waals surface area contributed by atoms with Crippen LogP contribution in [0.4, 0.5) is 0 Å². The maximum atomic E-state index is 12.7. The molecule has 1 unspecified atom stereocenters. The molecule has 0 aromatic heterocycles. The van der Waals surface area contributed by atoms with E-state index < -0.39 is 0 Å². The second kappa shape index (κ2) is 11.7. The van der Waals surface area contributed by atoms with Crippen LogP contribution in [0, 0.1) is 23.7 Å². The molecule has 0 aromatic rings. The smallest absolute Gasteiger partial charge is 0.309 e. The number of nitrogens with one attached hydrogen (secondary N) is 1. The maximum Gasteiger partial charge on any atom is 0.309 e. The fraction of sp³-hybridized carbons (Fsp3) is 0.960. The van der Waals surface area contributed by atoms with Gasteiger partial charge in [-0.3, -0.25) is 4.79 Å². The number of ether oxygens (including phenoxy) is 1. The van der Waals surface area contributed by atoms with E-state index in [2.05, 4.69) is 19.2 Å². The highest BCUT2D eigenvalue weighted by Gasteiger charge is 2.35. The monoisotopic (exact) mass is 406 g/mol. The highest BCUT2D eigenvalue weighted by Crippen LogP contribution is 2.42. The van der Waals surface area contributed by atoms with Crippen molar-refractivity contribution in [3.8, 4) is 0 Å². The first kappa shape index (κ1) is 23.1. The number of esters is 1. The van der Waals surface area contributed by atoms with Gasteiger partial charge in [-0.25, -0.2) is 0 Å². The Labute approximate surface area is 179 Å². The summed E-state index contributed by atoms with van der Waals surface area (Å²) in [6.07, 6.45) is 16.7. The van der Waals surface area contributed by atoms with Gasteiger partial charge >= 0.3 is 5.97 Å². The summed E-state index contributed by atoms with van der Waals surface area (Å²) in [7, 11) is 0. The molecule has 0 amide bonds. The van der Waals surface area contributed by atoms with Gasteiger partial charge in [-0.05, 0) is 114 Å². The van der Waals surface area contributed by atoms with E-state index in [1.165, 1.54) is 44.9 Å². The molecule has 0 saturated heterocycles. The molecule has 3 rings (SSSR count). The van der Waals surface area contributed by atoms with Crippen LogP contribution in [0.2, 0.25) is 0 Å². The minimum absolute atomic E-state index is 0.103. The zero-order valence-corrected chi connectivity index (χ0v) is 19.0. The number of nitrogens with two attached hydrogens (primary N) is 1. The van der Waals surface area contributed by atoms with Crippen molar-refractivity contribution in [1.82, 2.24) is 5.32 Å². The maximum absolute atomic E-state index is 12.7. The fourth-order valence-electron chi connectivity index (χ4n) is 6.20. The average molecular weight is 407 g/mol. The van der Waals surface area contributed by atoms with Crippen molar-refractivity contribution in [3.05, 3.63) is 0 Å². The lowest BCUT2D eigenvalue weighted by Crippen LogP contribution is -2.37. The van der Waals surface area contributed by atoms with Crippen molar-refractivity contribution >= 4 is 5.97 Å². The van der Waals surface area contributed by atoms with Crippen LogP contribution >= 0.6 is 0 Å². The second-order valence-electron chi connectivity index (χ2n) is 10.2. The zero-order valence-electron chi connectivity index (χ0n) is 19.0. The van der Waals surface area contributed by atoms with E-state index in [9.17, 15) is 4.79 Å². The normalized spacial score (nSPS) is 37.1. The minimum Gasteiger partial charge on any atom is -0.462 e. The van der Waals surface area contributed by atoms with Crippen molar-refractivity contribution in [1.29, 1.82) is 0 Å². The van der Waals surface area contributed by atoms with E-state index >= 15 is 0 Å². The third-order valence-electron chi connectivity index (χ3n) is 8.31. The summed E-state index contributed by atoms with van der Waals surface area (Å²) in [6.45, 7) is 5.53. The van der Waals surface area contributed by atoms with Crippen molar-refractivity contribution in [3.63, 3.8) is 0 Å². The Balaban J connectivity index is 1.33. The molecule has 3 N–H and O–H groups in total. The van der Waals surface area contributed by atoms with Crippen LogP contribution in [-0.4, -0.2) is 30.7 Å². The van der Waals surface area contributed by atoms with Gasteiger partial charge in [0.15, 0.2) is 0 Å². The molecular weight excluding hydrogens is 360 g/mol. The lowest BCUT2D eigenvalue weighted by molar-refractivity contribution is -0.157. The molecule has 3 saturated carbocycles. The predicted molar refractivity (Wildman–Crippen MR) is 120 cm³/mol. The number of rotatable bonds is 8. The van der Waals surface area contributed by atoms with E-state index in [-0.39, 0.29) is 18.0 Å². The number of carbonyl (C=O) groups is 1. The molecule has 1 atom stereocenters. The molecule has 0 bridgehead atoms. The molecule has 0 radical (unpaired) electrons. The Morgan fingerprint density at radius 2 is 1.48 bits per heavy atom. The molecular formula is C25H46N2O2. The van der Waals surface area contributed by atoms with Crippen LogP contribution < -0.4 is 11.1 Å². The second-order valence-corrected chi connectivity index (χ2v) is 10.2. The molecule has 3 fully saturated rings. The average Bonchev–Trinajstić information content (AvgIpc) is 2.78. The lowest BCUT2D eigenvalue weighted by Gasteiger charge is -2.39. The van der Waals surface area contributed by atoms with Crippen LogP contribution in [-0.2, 0) is 9.53 Å². The Kier molecular flexibility index (Phi) is 9.30. The van der Waals surface area contributed by atoms with Crippen molar-refractivity contribution in [2.45, 2.75) is 122 Å². The van der Waals surface area contributed by atoms with Crippen molar-refractivity contribution in [2.24, 2.45) is 29.4 Å². The largest absolute Gasteiger partial charge is 0.462 e.